The highest BCUT2D eigenvalue weighted by molar-refractivity contribution is 6.30. The van der Waals surface area contributed by atoms with Crippen LogP contribution in [0.15, 0.2) is 24.3 Å². The molecular weight excluding hydrogens is 226 g/mol. The fourth-order valence-electron chi connectivity index (χ4n) is 1.95. The minimum atomic E-state index is -1.01. The molecule has 1 aliphatic carbocycles. The second-order valence-electron chi connectivity index (χ2n) is 4.14. The first-order valence-corrected chi connectivity index (χ1v) is 5.60. The Balaban J connectivity index is 2.39. The van der Waals surface area contributed by atoms with E-state index in [1.54, 1.807) is 24.3 Å². The lowest BCUT2D eigenvalue weighted by Crippen LogP contribution is -2.47. The molecule has 2 rings (SSSR count). The third-order valence-electron chi connectivity index (χ3n) is 3.07. The Morgan fingerprint density at radius 1 is 1.44 bits per heavy atom. The molecule has 86 valence electrons. The van der Waals surface area contributed by atoms with Crippen LogP contribution >= 0.6 is 11.6 Å². The summed E-state index contributed by atoms with van der Waals surface area (Å²) < 4.78 is 4.80. The van der Waals surface area contributed by atoms with E-state index in [2.05, 4.69) is 0 Å². The van der Waals surface area contributed by atoms with Crippen molar-refractivity contribution in [3.63, 3.8) is 0 Å². The number of rotatable bonds is 3. The van der Waals surface area contributed by atoms with Crippen molar-refractivity contribution in [3.05, 3.63) is 34.9 Å². The van der Waals surface area contributed by atoms with Crippen LogP contribution in [0.4, 0.5) is 0 Å². The molecule has 4 heteroatoms. The summed E-state index contributed by atoms with van der Waals surface area (Å²) in [6.07, 6.45) is 1.93. The van der Waals surface area contributed by atoms with Gasteiger partial charge in [-0.05, 0) is 36.5 Å². The van der Waals surface area contributed by atoms with E-state index in [-0.39, 0.29) is 11.9 Å². The molecule has 0 saturated heterocycles. The molecule has 1 aromatic rings. The van der Waals surface area contributed by atoms with Crippen molar-refractivity contribution in [1.29, 1.82) is 0 Å². The lowest BCUT2D eigenvalue weighted by Gasteiger charge is -2.26. The number of nitrogens with two attached hydrogens (primary N) is 1. The number of hydrogen-bond acceptors (Lipinski definition) is 3. The van der Waals surface area contributed by atoms with Crippen LogP contribution in [0.5, 0.6) is 0 Å². The largest absolute Gasteiger partial charge is 0.467 e. The highest BCUT2D eigenvalue weighted by Gasteiger charge is 2.50. The standard InChI is InChI=1S/C12H14ClNO2/c1-16-11(15)12(14,8-2-3-8)9-4-6-10(13)7-5-9/h4-8H,2-3,14H2,1H3. The topological polar surface area (TPSA) is 52.3 Å². The molecule has 1 saturated carbocycles. The van der Waals surface area contributed by atoms with Gasteiger partial charge >= 0.3 is 5.97 Å². The molecule has 0 radical (unpaired) electrons. The van der Waals surface area contributed by atoms with E-state index >= 15 is 0 Å². The van der Waals surface area contributed by atoms with E-state index in [1.807, 2.05) is 0 Å². The number of esters is 1. The molecule has 0 heterocycles. The minimum absolute atomic E-state index is 0.182. The fourth-order valence-corrected chi connectivity index (χ4v) is 2.08. The van der Waals surface area contributed by atoms with Crippen LogP contribution in [0.2, 0.25) is 5.02 Å². The van der Waals surface area contributed by atoms with Crippen LogP contribution in [0.25, 0.3) is 0 Å². The SMILES string of the molecule is COC(=O)C(N)(c1ccc(Cl)cc1)C1CC1. The highest BCUT2D eigenvalue weighted by atomic mass is 35.5. The molecule has 0 amide bonds. The van der Waals surface area contributed by atoms with Crippen LogP contribution in [0.3, 0.4) is 0 Å². The Morgan fingerprint density at radius 2 is 2.00 bits per heavy atom. The van der Waals surface area contributed by atoms with Gasteiger partial charge in [0, 0.05) is 5.02 Å². The van der Waals surface area contributed by atoms with Gasteiger partial charge in [-0.15, -0.1) is 0 Å². The van der Waals surface area contributed by atoms with Crippen LogP contribution in [0, 0.1) is 5.92 Å². The molecule has 0 bridgehead atoms. The Kier molecular flexibility index (Phi) is 2.91. The van der Waals surface area contributed by atoms with Gasteiger partial charge in [0.2, 0.25) is 0 Å². The van der Waals surface area contributed by atoms with Gasteiger partial charge in [-0.3, -0.25) is 0 Å². The van der Waals surface area contributed by atoms with Crippen molar-refractivity contribution >= 4 is 17.6 Å². The summed E-state index contributed by atoms with van der Waals surface area (Å²) in [5.41, 5.74) is 5.97. The number of carbonyl (C=O) groups excluding carboxylic acids is 1. The minimum Gasteiger partial charge on any atom is -0.467 e. The molecule has 1 aromatic carbocycles. The van der Waals surface area contributed by atoms with Gasteiger partial charge in [-0.2, -0.15) is 0 Å². The molecular formula is C12H14ClNO2. The third kappa shape index (κ3) is 1.81. The Morgan fingerprint density at radius 3 is 2.44 bits per heavy atom. The maximum absolute atomic E-state index is 11.8. The van der Waals surface area contributed by atoms with E-state index in [0.717, 1.165) is 18.4 Å². The van der Waals surface area contributed by atoms with Crippen molar-refractivity contribution in [1.82, 2.24) is 0 Å². The van der Waals surface area contributed by atoms with E-state index in [1.165, 1.54) is 7.11 Å². The van der Waals surface area contributed by atoms with Gasteiger partial charge in [-0.25, -0.2) is 4.79 Å². The van der Waals surface area contributed by atoms with Crippen molar-refractivity contribution in [3.8, 4) is 0 Å². The molecule has 1 fully saturated rings. The Hall–Kier alpha value is -1.06. The van der Waals surface area contributed by atoms with Crippen LogP contribution in [0.1, 0.15) is 18.4 Å². The monoisotopic (exact) mass is 239 g/mol. The zero-order valence-electron chi connectivity index (χ0n) is 9.07. The summed E-state index contributed by atoms with van der Waals surface area (Å²) in [6.45, 7) is 0. The van der Waals surface area contributed by atoms with Gasteiger partial charge in [0.1, 0.15) is 5.54 Å². The maximum atomic E-state index is 11.8. The second-order valence-corrected chi connectivity index (χ2v) is 4.58. The van der Waals surface area contributed by atoms with E-state index in [9.17, 15) is 4.79 Å². The van der Waals surface area contributed by atoms with Gasteiger partial charge in [-0.1, -0.05) is 23.7 Å². The number of benzene rings is 1. The number of ether oxygens (including phenoxy) is 1. The van der Waals surface area contributed by atoms with Gasteiger partial charge in [0.25, 0.3) is 0 Å². The van der Waals surface area contributed by atoms with Crippen molar-refractivity contribution in [2.45, 2.75) is 18.4 Å². The zero-order chi connectivity index (χ0) is 11.8. The summed E-state index contributed by atoms with van der Waals surface area (Å²) in [6, 6.07) is 7.06. The van der Waals surface area contributed by atoms with Crippen molar-refractivity contribution in [2.75, 3.05) is 7.11 Å². The quantitative estimate of drug-likeness (QED) is 0.822. The van der Waals surface area contributed by atoms with Crippen molar-refractivity contribution in [2.24, 2.45) is 11.7 Å². The number of halogens is 1. The summed E-state index contributed by atoms with van der Waals surface area (Å²) in [4.78, 5) is 11.8. The summed E-state index contributed by atoms with van der Waals surface area (Å²) in [7, 11) is 1.36. The first kappa shape index (κ1) is 11.4. The molecule has 0 spiro atoms. The van der Waals surface area contributed by atoms with Crippen LogP contribution in [-0.4, -0.2) is 13.1 Å². The van der Waals surface area contributed by atoms with Gasteiger partial charge in [0.15, 0.2) is 0 Å². The molecule has 1 unspecified atom stereocenters. The van der Waals surface area contributed by atoms with Gasteiger partial charge in [0.05, 0.1) is 7.11 Å². The smallest absolute Gasteiger partial charge is 0.330 e. The number of hydrogen-bond donors (Lipinski definition) is 1. The van der Waals surface area contributed by atoms with Crippen LogP contribution < -0.4 is 5.73 Å². The molecule has 16 heavy (non-hydrogen) atoms. The highest BCUT2D eigenvalue weighted by Crippen LogP contribution is 2.44. The lowest BCUT2D eigenvalue weighted by atomic mass is 9.86. The van der Waals surface area contributed by atoms with E-state index in [0.29, 0.717) is 5.02 Å². The number of methoxy groups -OCH3 is 1. The molecule has 2 N–H and O–H groups in total. The number of carbonyl (C=O) groups is 1. The predicted molar refractivity (Wildman–Crippen MR) is 62.1 cm³/mol. The molecule has 1 atom stereocenters. The zero-order valence-corrected chi connectivity index (χ0v) is 9.83. The fraction of sp³-hybridized carbons (Fsp3) is 0.417. The molecule has 0 aromatic heterocycles. The molecule has 3 nitrogen and oxygen atoms in total. The molecule has 0 aliphatic heterocycles. The summed E-state index contributed by atoms with van der Waals surface area (Å²) >= 11 is 5.81. The third-order valence-corrected chi connectivity index (χ3v) is 3.32. The van der Waals surface area contributed by atoms with Crippen molar-refractivity contribution < 1.29 is 9.53 Å². The average Bonchev–Trinajstić information content (AvgIpc) is 3.12. The normalized spacial score (nSPS) is 18.9. The van der Waals surface area contributed by atoms with Crippen LogP contribution in [-0.2, 0) is 15.1 Å². The predicted octanol–water partition coefficient (Wildman–Crippen LogP) is 2.08. The van der Waals surface area contributed by atoms with Gasteiger partial charge < -0.3 is 10.5 Å². The summed E-state index contributed by atoms with van der Waals surface area (Å²) in [5, 5.41) is 0.631. The first-order chi connectivity index (χ1) is 7.59. The second kappa shape index (κ2) is 4.07. The first-order valence-electron chi connectivity index (χ1n) is 5.22. The average molecular weight is 240 g/mol. The lowest BCUT2D eigenvalue weighted by molar-refractivity contribution is -0.148. The Labute approximate surface area is 99.5 Å². The molecule has 1 aliphatic rings. The maximum Gasteiger partial charge on any atom is 0.330 e. The Bertz CT molecular complexity index is 400. The summed E-state index contributed by atoms with van der Waals surface area (Å²) in [5.74, 6) is -0.196. The van der Waals surface area contributed by atoms with E-state index in [4.69, 9.17) is 22.1 Å². The van der Waals surface area contributed by atoms with E-state index < -0.39 is 5.54 Å².